The van der Waals surface area contributed by atoms with E-state index in [0.717, 1.165) is 6.54 Å². The summed E-state index contributed by atoms with van der Waals surface area (Å²) in [7, 11) is 0. The van der Waals surface area contributed by atoms with Gasteiger partial charge in [0, 0.05) is 18.0 Å². The van der Waals surface area contributed by atoms with E-state index in [1.165, 1.54) is 44.1 Å². The van der Waals surface area contributed by atoms with Crippen molar-refractivity contribution in [1.29, 1.82) is 0 Å². The van der Waals surface area contributed by atoms with E-state index in [1.807, 2.05) is 12.1 Å². The average molecular weight is 263 g/mol. The average Bonchev–Trinajstić information content (AvgIpc) is 2.64. The third-order valence-corrected chi connectivity index (χ3v) is 4.37. The van der Waals surface area contributed by atoms with Gasteiger partial charge in [0.25, 0.3) is 0 Å². The Bertz CT molecular complexity index is 375. The van der Waals surface area contributed by atoms with Crippen LogP contribution in [0.15, 0.2) is 24.3 Å². The van der Waals surface area contributed by atoms with E-state index in [2.05, 4.69) is 19.2 Å². The quantitative estimate of drug-likeness (QED) is 0.793. The zero-order chi connectivity index (χ0) is 13.7. The maximum absolute atomic E-state index is 13.2. The van der Waals surface area contributed by atoms with Gasteiger partial charge in [-0.1, -0.05) is 51.7 Å². The molecule has 0 aliphatic heterocycles. The highest BCUT2D eigenvalue weighted by atomic mass is 19.1. The topological polar surface area (TPSA) is 12.0 Å². The molecule has 0 spiro atoms. The van der Waals surface area contributed by atoms with Crippen molar-refractivity contribution < 1.29 is 4.39 Å². The summed E-state index contributed by atoms with van der Waals surface area (Å²) in [6, 6.07) is 7.69. The number of hydrogen-bond donors (Lipinski definition) is 1. The van der Waals surface area contributed by atoms with Crippen LogP contribution >= 0.6 is 0 Å². The molecule has 1 N–H and O–H groups in total. The smallest absolute Gasteiger partial charge is 0.123 e. The van der Waals surface area contributed by atoms with Crippen LogP contribution in [0.4, 0.5) is 4.39 Å². The zero-order valence-electron chi connectivity index (χ0n) is 12.2. The van der Waals surface area contributed by atoms with Crippen LogP contribution < -0.4 is 5.32 Å². The summed E-state index contributed by atoms with van der Waals surface area (Å²) >= 11 is 0. The van der Waals surface area contributed by atoms with Gasteiger partial charge >= 0.3 is 0 Å². The van der Waals surface area contributed by atoms with Crippen LogP contribution in [0.3, 0.4) is 0 Å². The molecule has 2 heteroatoms. The lowest BCUT2D eigenvalue weighted by Gasteiger charge is -2.35. The first-order valence-electron chi connectivity index (χ1n) is 7.62. The Kier molecular flexibility index (Phi) is 4.98. The molecular weight excluding hydrogens is 237 g/mol. The Hall–Kier alpha value is -0.890. The summed E-state index contributed by atoms with van der Waals surface area (Å²) < 4.78 is 13.2. The first-order valence-corrected chi connectivity index (χ1v) is 7.62. The molecule has 19 heavy (non-hydrogen) atoms. The molecule has 1 aliphatic carbocycles. The minimum Gasteiger partial charge on any atom is -0.314 e. The number of rotatable bonds is 4. The molecule has 1 aromatic rings. The van der Waals surface area contributed by atoms with Crippen LogP contribution in [0, 0.1) is 5.82 Å². The Morgan fingerprint density at radius 3 is 2.16 bits per heavy atom. The minimum atomic E-state index is -0.135. The van der Waals surface area contributed by atoms with Gasteiger partial charge in [-0.25, -0.2) is 4.39 Å². The Morgan fingerprint density at radius 1 is 1.05 bits per heavy atom. The summed E-state index contributed by atoms with van der Waals surface area (Å²) in [5, 5.41) is 3.60. The highest BCUT2D eigenvalue weighted by molar-refractivity contribution is 5.27. The maximum Gasteiger partial charge on any atom is 0.123 e. The van der Waals surface area contributed by atoms with E-state index < -0.39 is 0 Å². The molecule has 1 aliphatic rings. The van der Waals surface area contributed by atoms with E-state index in [-0.39, 0.29) is 11.2 Å². The third-order valence-electron chi connectivity index (χ3n) is 4.37. The Morgan fingerprint density at radius 2 is 1.63 bits per heavy atom. The molecule has 0 aromatic heterocycles. The van der Waals surface area contributed by atoms with Crippen LogP contribution in [-0.4, -0.2) is 12.6 Å². The fraction of sp³-hybridized carbons (Fsp3) is 0.647. The summed E-state index contributed by atoms with van der Waals surface area (Å²) in [6.07, 6.45) is 7.69. The highest BCUT2D eigenvalue weighted by Crippen LogP contribution is 2.38. The molecular formula is C17H26FN. The molecule has 106 valence electrons. The van der Waals surface area contributed by atoms with Gasteiger partial charge < -0.3 is 5.32 Å². The van der Waals surface area contributed by atoms with Crippen LogP contribution in [0.5, 0.6) is 0 Å². The molecule has 0 bridgehead atoms. The van der Waals surface area contributed by atoms with Crippen molar-refractivity contribution in [2.45, 2.75) is 63.8 Å². The lowest BCUT2D eigenvalue weighted by Crippen LogP contribution is -2.40. The van der Waals surface area contributed by atoms with Gasteiger partial charge in [0.15, 0.2) is 0 Å². The molecule has 1 nitrogen and oxygen atoms in total. The van der Waals surface area contributed by atoms with E-state index in [0.29, 0.717) is 6.04 Å². The van der Waals surface area contributed by atoms with Crippen molar-refractivity contribution in [2.75, 3.05) is 6.54 Å². The lowest BCUT2D eigenvalue weighted by molar-refractivity contribution is 0.335. The molecule has 2 rings (SSSR count). The van der Waals surface area contributed by atoms with Crippen molar-refractivity contribution >= 4 is 0 Å². The number of hydrogen-bond acceptors (Lipinski definition) is 1. The molecule has 0 heterocycles. The van der Waals surface area contributed by atoms with Crippen molar-refractivity contribution in [1.82, 2.24) is 5.32 Å². The Balaban J connectivity index is 2.23. The predicted molar refractivity (Wildman–Crippen MR) is 78.9 cm³/mol. The molecule has 0 atom stereocenters. The van der Waals surface area contributed by atoms with Gasteiger partial charge in [-0.15, -0.1) is 0 Å². The summed E-state index contributed by atoms with van der Waals surface area (Å²) in [4.78, 5) is 0. The van der Waals surface area contributed by atoms with Crippen molar-refractivity contribution in [2.24, 2.45) is 0 Å². The van der Waals surface area contributed by atoms with Gasteiger partial charge in [0.1, 0.15) is 5.82 Å². The Labute approximate surface area is 116 Å². The first kappa shape index (κ1) is 14.5. The fourth-order valence-corrected chi connectivity index (χ4v) is 3.18. The van der Waals surface area contributed by atoms with E-state index in [9.17, 15) is 4.39 Å². The van der Waals surface area contributed by atoms with Gasteiger partial charge in [0.2, 0.25) is 0 Å². The molecule has 0 unspecified atom stereocenters. The SMILES string of the molecule is CC(C)NCC1(c2ccc(F)cc2)CCCCCC1. The number of halogens is 1. The molecule has 0 radical (unpaired) electrons. The normalized spacial score (nSPS) is 19.4. The summed E-state index contributed by atoms with van der Waals surface area (Å²) in [5.41, 5.74) is 1.51. The summed E-state index contributed by atoms with van der Waals surface area (Å²) in [6.45, 7) is 5.39. The largest absolute Gasteiger partial charge is 0.314 e. The van der Waals surface area contributed by atoms with E-state index >= 15 is 0 Å². The van der Waals surface area contributed by atoms with E-state index in [1.54, 1.807) is 12.1 Å². The van der Waals surface area contributed by atoms with Gasteiger partial charge in [-0.2, -0.15) is 0 Å². The molecule has 1 aromatic carbocycles. The minimum absolute atomic E-state index is 0.135. The van der Waals surface area contributed by atoms with Gasteiger partial charge in [-0.3, -0.25) is 0 Å². The van der Waals surface area contributed by atoms with Gasteiger partial charge in [-0.05, 0) is 30.5 Å². The summed E-state index contributed by atoms with van der Waals surface area (Å²) in [5.74, 6) is -0.135. The number of benzene rings is 1. The number of nitrogens with one attached hydrogen (secondary N) is 1. The standard InChI is InChI=1S/C17H26FN/c1-14(2)19-13-17(11-5-3-4-6-12-17)15-7-9-16(18)10-8-15/h7-10,14,19H,3-6,11-13H2,1-2H3. The van der Waals surface area contributed by atoms with E-state index in [4.69, 9.17) is 0 Å². The fourth-order valence-electron chi connectivity index (χ4n) is 3.18. The third kappa shape index (κ3) is 3.79. The molecule has 0 amide bonds. The first-order chi connectivity index (χ1) is 9.12. The predicted octanol–water partition coefficient (Wildman–Crippen LogP) is 4.42. The van der Waals surface area contributed by atoms with Crippen LogP contribution in [0.25, 0.3) is 0 Å². The van der Waals surface area contributed by atoms with Crippen molar-refractivity contribution in [3.8, 4) is 0 Å². The second kappa shape index (κ2) is 6.51. The lowest BCUT2D eigenvalue weighted by atomic mass is 9.74. The molecule has 1 fully saturated rings. The monoisotopic (exact) mass is 263 g/mol. The van der Waals surface area contributed by atoms with Gasteiger partial charge in [0.05, 0.1) is 0 Å². The van der Waals surface area contributed by atoms with Crippen molar-refractivity contribution in [3.63, 3.8) is 0 Å². The zero-order valence-corrected chi connectivity index (χ0v) is 12.2. The second-order valence-electron chi connectivity index (χ2n) is 6.24. The van der Waals surface area contributed by atoms with Crippen LogP contribution in [0.1, 0.15) is 57.9 Å². The van der Waals surface area contributed by atoms with Crippen LogP contribution in [-0.2, 0) is 5.41 Å². The van der Waals surface area contributed by atoms with Crippen molar-refractivity contribution in [3.05, 3.63) is 35.6 Å². The second-order valence-corrected chi connectivity index (χ2v) is 6.24. The maximum atomic E-state index is 13.2. The molecule has 0 saturated heterocycles. The highest BCUT2D eigenvalue weighted by Gasteiger charge is 2.32. The molecule has 1 saturated carbocycles. The van der Waals surface area contributed by atoms with Crippen LogP contribution in [0.2, 0.25) is 0 Å².